The van der Waals surface area contributed by atoms with Crippen LogP contribution in [0.5, 0.6) is 5.75 Å². The monoisotopic (exact) mass is 422 g/mol. The number of aliphatic hydroxyl groups excluding tert-OH is 1. The summed E-state index contributed by atoms with van der Waals surface area (Å²) in [5.74, 6) is -0.684. The normalized spacial score (nSPS) is 18.1. The summed E-state index contributed by atoms with van der Waals surface area (Å²) in [5.41, 5.74) is 3.29. The summed E-state index contributed by atoms with van der Waals surface area (Å²) in [6.07, 6.45) is 0. The van der Waals surface area contributed by atoms with Crippen LogP contribution >= 0.6 is 0 Å². The van der Waals surface area contributed by atoms with Crippen molar-refractivity contribution in [2.24, 2.45) is 0 Å². The van der Waals surface area contributed by atoms with Gasteiger partial charge in [0, 0.05) is 18.7 Å². The van der Waals surface area contributed by atoms with E-state index >= 15 is 0 Å². The third-order valence-electron chi connectivity index (χ3n) is 5.43. The van der Waals surface area contributed by atoms with Crippen molar-refractivity contribution in [2.45, 2.75) is 26.8 Å². The van der Waals surface area contributed by atoms with E-state index in [1.165, 1.54) is 0 Å². The van der Waals surface area contributed by atoms with Crippen LogP contribution in [0.25, 0.3) is 5.76 Å². The first-order valence-electron chi connectivity index (χ1n) is 10.5. The number of aliphatic hydroxyl groups is 1. The molecular formula is C25H30N2O4. The second kappa shape index (κ2) is 9.35. The highest BCUT2D eigenvalue weighted by Crippen LogP contribution is 2.39. The molecule has 1 N–H and O–H groups in total. The fourth-order valence-corrected chi connectivity index (χ4v) is 3.87. The molecule has 0 radical (unpaired) electrons. The molecule has 31 heavy (non-hydrogen) atoms. The number of carbonyl (C=O) groups excluding carboxylic acids is 2. The molecule has 1 atom stereocenters. The number of benzene rings is 2. The SMILES string of the molecule is CCOc1ccc(/C(O)=C2/C(=O)C(=O)N(CCN(C)C)C2c2cccc(C)c2)cc1C. The molecule has 0 aromatic heterocycles. The highest BCUT2D eigenvalue weighted by atomic mass is 16.5. The lowest BCUT2D eigenvalue weighted by atomic mass is 9.94. The van der Waals surface area contributed by atoms with Crippen LogP contribution in [-0.2, 0) is 9.59 Å². The minimum absolute atomic E-state index is 0.123. The molecule has 3 rings (SSSR count). The Kier molecular flexibility index (Phi) is 6.81. The number of likely N-dealkylation sites (tertiary alicyclic amines) is 1. The molecule has 0 spiro atoms. The molecule has 6 nitrogen and oxygen atoms in total. The van der Waals surface area contributed by atoms with Crippen LogP contribution in [0.1, 0.15) is 35.2 Å². The number of hydrogen-bond donors (Lipinski definition) is 1. The van der Waals surface area contributed by atoms with E-state index in [1.807, 2.05) is 64.0 Å². The Morgan fingerprint density at radius 2 is 1.87 bits per heavy atom. The average Bonchev–Trinajstić information content (AvgIpc) is 2.98. The van der Waals surface area contributed by atoms with E-state index in [0.29, 0.717) is 25.3 Å². The molecule has 1 saturated heterocycles. The maximum absolute atomic E-state index is 13.1. The van der Waals surface area contributed by atoms with Gasteiger partial charge in [-0.3, -0.25) is 9.59 Å². The molecule has 2 aromatic rings. The van der Waals surface area contributed by atoms with E-state index < -0.39 is 17.7 Å². The predicted octanol–water partition coefficient (Wildman–Crippen LogP) is 3.69. The lowest BCUT2D eigenvalue weighted by Gasteiger charge is -2.26. The van der Waals surface area contributed by atoms with Crippen LogP contribution in [0, 0.1) is 13.8 Å². The molecule has 1 heterocycles. The minimum Gasteiger partial charge on any atom is -0.507 e. The maximum Gasteiger partial charge on any atom is 0.295 e. The number of aryl methyl sites for hydroxylation is 2. The van der Waals surface area contributed by atoms with E-state index in [9.17, 15) is 14.7 Å². The van der Waals surface area contributed by atoms with Crippen LogP contribution in [-0.4, -0.2) is 60.4 Å². The average molecular weight is 423 g/mol. The van der Waals surface area contributed by atoms with Gasteiger partial charge in [0.05, 0.1) is 18.2 Å². The second-order valence-electron chi connectivity index (χ2n) is 8.12. The fraction of sp³-hybridized carbons (Fsp3) is 0.360. The molecule has 1 amide bonds. The summed E-state index contributed by atoms with van der Waals surface area (Å²) in [7, 11) is 3.84. The Labute approximate surface area is 183 Å². The molecule has 1 unspecified atom stereocenters. The molecule has 0 saturated carbocycles. The number of carbonyl (C=O) groups is 2. The van der Waals surface area contributed by atoms with Crippen LogP contribution in [0.2, 0.25) is 0 Å². The Bertz CT molecular complexity index is 1030. The van der Waals surface area contributed by atoms with Gasteiger partial charge in [-0.1, -0.05) is 29.8 Å². The van der Waals surface area contributed by atoms with Crippen molar-refractivity contribution in [3.8, 4) is 5.75 Å². The quantitative estimate of drug-likeness (QED) is 0.419. The maximum atomic E-state index is 13.1. The van der Waals surface area contributed by atoms with E-state index in [1.54, 1.807) is 23.1 Å². The van der Waals surface area contributed by atoms with Gasteiger partial charge in [-0.15, -0.1) is 0 Å². The summed E-state index contributed by atoms with van der Waals surface area (Å²) >= 11 is 0. The third kappa shape index (κ3) is 4.64. The second-order valence-corrected chi connectivity index (χ2v) is 8.12. The highest BCUT2D eigenvalue weighted by molar-refractivity contribution is 6.46. The number of rotatable bonds is 7. The van der Waals surface area contributed by atoms with Gasteiger partial charge in [0.1, 0.15) is 11.5 Å². The highest BCUT2D eigenvalue weighted by Gasteiger charge is 2.45. The van der Waals surface area contributed by atoms with Crippen LogP contribution in [0.3, 0.4) is 0 Å². The molecule has 1 aliphatic heterocycles. The van der Waals surface area contributed by atoms with Crippen molar-refractivity contribution in [1.82, 2.24) is 9.80 Å². The van der Waals surface area contributed by atoms with Crippen molar-refractivity contribution in [3.63, 3.8) is 0 Å². The molecule has 164 valence electrons. The Morgan fingerprint density at radius 1 is 1.13 bits per heavy atom. The molecule has 1 fully saturated rings. The van der Waals surface area contributed by atoms with E-state index in [0.717, 1.165) is 22.4 Å². The van der Waals surface area contributed by atoms with Gasteiger partial charge in [-0.05, 0) is 64.2 Å². The largest absolute Gasteiger partial charge is 0.507 e. The summed E-state index contributed by atoms with van der Waals surface area (Å²) < 4.78 is 5.58. The van der Waals surface area contributed by atoms with Gasteiger partial charge in [-0.2, -0.15) is 0 Å². The summed E-state index contributed by atoms with van der Waals surface area (Å²) in [6, 6.07) is 12.3. The zero-order valence-electron chi connectivity index (χ0n) is 18.8. The van der Waals surface area contributed by atoms with Crippen molar-refractivity contribution < 1.29 is 19.4 Å². The topological polar surface area (TPSA) is 70.1 Å². The first kappa shape index (κ1) is 22.6. The summed E-state index contributed by atoms with van der Waals surface area (Å²) in [6.45, 7) is 7.29. The first-order chi connectivity index (χ1) is 14.7. The van der Waals surface area contributed by atoms with E-state index in [-0.39, 0.29) is 11.3 Å². The molecule has 0 bridgehead atoms. The van der Waals surface area contributed by atoms with Gasteiger partial charge < -0.3 is 19.6 Å². The van der Waals surface area contributed by atoms with E-state index in [2.05, 4.69) is 0 Å². The van der Waals surface area contributed by atoms with Crippen LogP contribution < -0.4 is 4.74 Å². The van der Waals surface area contributed by atoms with E-state index in [4.69, 9.17) is 4.74 Å². The summed E-state index contributed by atoms with van der Waals surface area (Å²) in [4.78, 5) is 29.5. The first-order valence-corrected chi connectivity index (χ1v) is 10.5. The van der Waals surface area contributed by atoms with Crippen LogP contribution in [0.15, 0.2) is 48.0 Å². The lowest BCUT2D eigenvalue weighted by Crippen LogP contribution is -2.35. The number of hydrogen-bond acceptors (Lipinski definition) is 5. The Morgan fingerprint density at radius 3 is 2.48 bits per heavy atom. The molecule has 6 heteroatoms. The number of Topliss-reactive ketones (excluding diaryl/α,β-unsaturated/α-hetero) is 1. The standard InChI is InChI=1S/C25H30N2O4/c1-6-31-20-11-10-19(15-17(20)3)23(28)21-22(18-9-7-8-16(2)14-18)27(13-12-26(4)5)25(30)24(21)29/h7-11,14-15,22,28H,6,12-13H2,1-5H3/b23-21-. The lowest BCUT2D eigenvalue weighted by molar-refractivity contribution is -0.140. The van der Waals surface area contributed by atoms with Gasteiger partial charge in [-0.25, -0.2) is 0 Å². The predicted molar refractivity (Wildman–Crippen MR) is 121 cm³/mol. The van der Waals surface area contributed by atoms with Gasteiger partial charge in [0.2, 0.25) is 0 Å². The summed E-state index contributed by atoms with van der Waals surface area (Å²) in [5, 5.41) is 11.2. The number of likely N-dealkylation sites (N-methyl/N-ethyl adjacent to an activating group) is 1. The smallest absolute Gasteiger partial charge is 0.295 e. The molecule has 1 aliphatic rings. The van der Waals surface area contributed by atoms with Gasteiger partial charge in [0.25, 0.3) is 11.7 Å². The third-order valence-corrected chi connectivity index (χ3v) is 5.43. The van der Waals surface area contributed by atoms with Gasteiger partial charge in [0.15, 0.2) is 0 Å². The zero-order valence-corrected chi connectivity index (χ0v) is 18.8. The van der Waals surface area contributed by atoms with Crippen molar-refractivity contribution >= 4 is 17.4 Å². The minimum atomic E-state index is -0.658. The number of ether oxygens (including phenoxy) is 1. The van der Waals surface area contributed by atoms with Gasteiger partial charge >= 0.3 is 0 Å². The fourth-order valence-electron chi connectivity index (χ4n) is 3.87. The Balaban J connectivity index is 2.13. The number of ketones is 1. The molecular weight excluding hydrogens is 392 g/mol. The van der Waals surface area contributed by atoms with Crippen LogP contribution in [0.4, 0.5) is 0 Å². The number of nitrogens with zero attached hydrogens (tertiary/aromatic N) is 2. The molecule has 0 aliphatic carbocycles. The number of amides is 1. The van der Waals surface area contributed by atoms with Crippen molar-refractivity contribution in [1.29, 1.82) is 0 Å². The Hall–Kier alpha value is -3.12. The molecule has 2 aromatic carbocycles. The van der Waals surface area contributed by atoms with Crippen molar-refractivity contribution in [2.75, 3.05) is 33.8 Å². The zero-order chi connectivity index (χ0) is 22.7. The van der Waals surface area contributed by atoms with Crippen molar-refractivity contribution in [3.05, 3.63) is 70.3 Å².